The van der Waals surface area contributed by atoms with Crippen molar-refractivity contribution in [3.63, 3.8) is 0 Å². The van der Waals surface area contributed by atoms with Crippen LogP contribution in [0.4, 0.5) is 4.79 Å². The first-order valence-corrected chi connectivity index (χ1v) is 6.61. The van der Waals surface area contributed by atoms with Crippen LogP contribution in [0, 0.1) is 0 Å². The van der Waals surface area contributed by atoms with E-state index < -0.39 is 6.10 Å². The van der Waals surface area contributed by atoms with Crippen LogP contribution in [0.3, 0.4) is 0 Å². The Morgan fingerprint density at radius 1 is 1.42 bits per heavy atom. The molecule has 1 saturated heterocycles. The third-order valence-electron chi connectivity index (χ3n) is 3.15. The van der Waals surface area contributed by atoms with Gasteiger partial charge < -0.3 is 20.5 Å². The fourth-order valence-electron chi connectivity index (χ4n) is 2.05. The maximum atomic E-state index is 11.6. The number of aliphatic hydroxyl groups is 1. The maximum absolute atomic E-state index is 11.6. The van der Waals surface area contributed by atoms with E-state index in [1.54, 1.807) is 0 Å². The van der Waals surface area contributed by atoms with Crippen LogP contribution in [0.15, 0.2) is 30.3 Å². The van der Waals surface area contributed by atoms with Crippen LogP contribution in [-0.4, -0.2) is 36.9 Å². The van der Waals surface area contributed by atoms with Gasteiger partial charge >= 0.3 is 6.03 Å². The van der Waals surface area contributed by atoms with Gasteiger partial charge in [-0.3, -0.25) is 0 Å². The largest absolute Gasteiger partial charge is 0.388 e. The molecule has 0 spiro atoms. The number of hydrogen-bond acceptors (Lipinski definition) is 3. The summed E-state index contributed by atoms with van der Waals surface area (Å²) in [6.07, 6.45) is 0.815. The van der Waals surface area contributed by atoms with Gasteiger partial charge in [-0.1, -0.05) is 30.3 Å². The van der Waals surface area contributed by atoms with Crippen molar-refractivity contribution in [2.24, 2.45) is 0 Å². The van der Waals surface area contributed by atoms with E-state index >= 15 is 0 Å². The lowest BCUT2D eigenvalue weighted by Gasteiger charge is -2.14. The molecule has 1 aliphatic heterocycles. The summed E-state index contributed by atoms with van der Waals surface area (Å²) >= 11 is 0. The van der Waals surface area contributed by atoms with Crippen LogP contribution in [0.2, 0.25) is 0 Å². The Morgan fingerprint density at radius 3 is 2.89 bits per heavy atom. The molecule has 0 aliphatic carbocycles. The first-order valence-electron chi connectivity index (χ1n) is 6.61. The molecule has 3 N–H and O–H groups in total. The molecule has 2 atom stereocenters. The van der Waals surface area contributed by atoms with Crippen molar-refractivity contribution in [2.75, 3.05) is 19.8 Å². The lowest BCUT2D eigenvalue weighted by molar-refractivity contribution is 0.166. The van der Waals surface area contributed by atoms with Gasteiger partial charge in [-0.05, 0) is 18.4 Å². The Kier molecular flexibility index (Phi) is 5.18. The van der Waals surface area contributed by atoms with E-state index in [1.165, 1.54) is 0 Å². The number of urea groups is 1. The molecule has 19 heavy (non-hydrogen) atoms. The Labute approximate surface area is 113 Å². The summed E-state index contributed by atoms with van der Waals surface area (Å²) in [6.45, 7) is 1.73. The molecule has 0 aromatic heterocycles. The molecule has 0 radical (unpaired) electrons. The summed E-state index contributed by atoms with van der Waals surface area (Å²) in [4.78, 5) is 11.6. The smallest absolute Gasteiger partial charge is 0.315 e. The summed E-state index contributed by atoms with van der Waals surface area (Å²) < 4.78 is 5.18. The third-order valence-corrected chi connectivity index (χ3v) is 3.15. The van der Waals surface area contributed by atoms with E-state index in [0.29, 0.717) is 26.2 Å². The van der Waals surface area contributed by atoms with E-state index in [4.69, 9.17) is 4.74 Å². The minimum Gasteiger partial charge on any atom is -0.388 e. The van der Waals surface area contributed by atoms with Crippen molar-refractivity contribution in [1.29, 1.82) is 0 Å². The number of nitrogens with one attached hydrogen (secondary N) is 2. The number of amides is 2. The highest BCUT2D eigenvalue weighted by Gasteiger charge is 2.17. The molecule has 1 aliphatic rings. The van der Waals surface area contributed by atoms with Gasteiger partial charge in [-0.2, -0.15) is 0 Å². The van der Waals surface area contributed by atoms with E-state index in [0.717, 1.165) is 12.0 Å². The van der Waals surface area contributed by atoms with Gasteiger partial charge in [0.15, 0.2) is 0 Å². The first-order chi connectivity index (χ1) is 9.25. The second kappa shape index (κ2) is 7.11. The van der Waals surface area contributed by atoms with Gasteiger partial charge in [0.25, 0.3) is 0 Å². The third kappa shape index (κ3) is 4.54. The molecule has 2 rings (SSSR count). The molecule has 1 aromatic rings. The summed E-state index contributed by atoms with van der Waals surface area (Å²) in [6, 6.07) is 9.35. The highest BCUT2D eigenvalue weighted by molar-refractivity contribution is 5.74. The number of ether oxygens (including phenoxy) is 1. The minimum absolute atomic E-state index is 0.110. The van der Waals surface area contributed by atoms with Gasteiger partial charge in [-0.25, -0.2) is 4.79 Å². The second-order valence-corrected chi connectivity index (χ2v) is 4.68. The maximum Gasteiger partial charge on any atom is 0.315 e. The monoisotopic (exact) mass is 264 g/mol. The molecule has 1 fully saturated rings. The number of aliphatic hydroxyl groups excluding tert-OH is 1. The molecule has 5 nitrogen and oxygen atoms in total. The minimum atomic E-state index is -0.545. The average molecular weight is 264 g/mol. The zero-order valence-electron chi connectivity index (χ0n) is 10.8. The molecule has 2 unspecified atom stereocenters. The van der Waals surface area contributed by atoms with Gasteiger partial charge in [-0.15, -0.1) is 0 Å². The standard InChI is InChI=1S/C14H20N2O3/c17-13(11-4-2-1-3-5-11)6-8-15-14(18)16-12-7-9-19-10-12/h1-5,12-13,17H,6-10H2,(H2,15,16,18). The molecule has 1 heterocycles. The number of hydrogen-bond donors (Lipinski definition) is 3. The normalized spacial score (nSPS) is 19.9. The highest BCUT2D eigenvalue weighted by atomic mass is 16.5. The topological polar surface area (TPSA) is 70.6 Å². The van der Waals surface area contributed by atoms with Crippen molar-refractivity contribution in [3.8, 4) is 0 Å². The van der Waals surface area contributed by atoms with Crippen molar-refractivity contribution >= 4 is 6.03 Å². The second-order valence-electron chi connectivity index (χ2n) is 4.68. The number of carbonyl (C=O) groups excluding carboxylic acids is 1. The highest BCUT2D eigenvalue weighted by Crippen LogP contribution is 2.14. The van der Waals surface area contributed by atoms with Crippen molar-refractivity contribution in [3.05, 3.63) is 35.9 Å². The first kappa shape index (κ1) is 13.8. The van der Waals surface area contributed by atoms with Crippen molar-refractivity contribution in [2.45, 2.75) is 25.0 Å². The van der Waals surface area contributed by atoms with E-state index in [-0.39, 0.29) is 12.1 Å². The van der Waals surface area contributed by atoms with Crippen LogP contribution in [0.5, 0.6) is 0 Å². The Hall–Kier alpha value is -1.59. The molecule has 1 aromatic carbocycles. The van der Waals surface area contributed by atoms with Crippen LogP contribution >= 0.6 is 0 Å². The fourth-order valence-corrected chi connectivity index (χ4v) is 2.05. The predicted molar refractivity (Wildman–Crippen MR) is 71.8 cm³/mol. The van der Waals surface area contributed by atoms with Crippen molar-refractivity contribution < 1.29 is 14.6 Å². The average Bonchev–Trinajstić information content (AvgIpc) is 2.92. The molecular weight excluding hydrogens is 244 g/mol. The Balaban J connectivity index is 1.64. The van der Waals surface area contributed by atoms with Gasteiger partial charge in [0.2, 0.25) is 0 Å². The molecule has 5 heteroatoms. The quantitative estimate of drug-likeness (QED) is 0.748. The molecule has 0 bridgehead atoms. The summed E-state index contributed by atoms with van der Waals surface area (Å²) in [5.41, 5.74) is 0.869. The molecule has 2 amide bonds. The van der Waals surface area contributed by atoms with E-state index in [9.17, 15) is 9.90 Å². The number of carbonyl (C=O) groups is 1. The van der Waals surface area contributed by atoms with Crippen LogP contribution in [-0.2, 0) is 4.74 Å². The van der Waals surface area contributed by atoms with E-state index in [2.05, 4.69) is 10.6 Å². The van der Waals surface area contributed by atoms with Crippen LogP contribution < -0.4 is 10.6 Å². The summed E-state index contributed by atoms with van der Waals surface area (Å²) in [7, 11) is 0. The van der Waals surface area contributed by atoms with E-state index in [1.807, 2.05) is 30.3 Å². The lowest BCUT2D eigenvalue weighted by atomic mass is 10.1. The van der Waals surface area contributed by atoms with Crippen LogP contribution in [0.25, 0.3) is 0 Å². The van der Waals surface area contributed by atoms with Gasteiger partial charge in [0, 0.05) is 13.2 Å². The number of benzene rings is 1. The molecule has 104 valence electrons. The fraction of sp³-hybridized carbons (Fsp3) is 0.500. The molecular formula is C14H20N2O3. The van der Waals surface area contributed by atoms with Gasteiger partial charge in [0.05, 0.1) is 18.8 Å². The van der Waals surface area contributed by atoms with Gasteiger partial charge in [0.1, 0.15) is 0 Å². The Bertz CT molecular complexity index is 391. The SMILES string of the molecule is O=C(NCCC(O)c1ccccc1)NC1CCOC1. The zero-order chi connectivity index (χ0) is 13.5. The zero-order valence-corrected chi connectivity index (χ0v) is 10.8. The Morgan fingerprint density at radius 2 is 2.21 bits per heavy atom. The van der Waals surface area contributed by atoms with Crippen molar-refractivity contribution in [1.82, 2.24) is 10.6 Å². The number of rotatable bonds is 5. The van der Waals surface area contributed by atoms with Crippen LogP contribution in [0.1, 0.15) is 24.5 Å². The summed E-state index contributed by atoms with van der Waals surface area (Å²) in [5, 5.41) is 15.5. The lowest BCUT2D eigenvalue weighted by Crippen LogP contribution is -2.42. The molecule has 0 saturated carbocycles. The predicted octanol–water partition coefficient (Wildman–Crippen LogP) is 1.20. The summed E-state index contributed by atoms with van der Waals surface area (Å²) in [5.74, 6) is 0.